The molecule has 53 heavy (non-hydrogen) atoms. The Hall–Kier alpha value is -1.34. The molecule has 0 N–H and O–H groups in total. The van der Waals surface area contributed by atoms with Crippen LogP contribution in [0.2, 0.25) is 0 Å². The van der Waals surface area contributed by atoms with Gasteiger partial charge in [-0.1, -0.05) is 140 Å². The first kappa shape index (κ1) is 41.3. The number of carbonyl (C=O) groups excluding carboxylic acids is 2. The van der Waals surface area contributed by atoms with E-state index in [4.69, 9.17) is 0 Å². The number of halogens is 2. The van der Waals surface area contributed by atoms with Crippen LogP contribution >= 0.6 is 31.9 Å². The van der Waals surface area contributed by atoms with Gasteiger partial charge in [0.25, 0.3) is 0 Å². The highest BCUT2D eigenvalue weighted by Crippen LogP contribution is 2.44. The van der Waals surface area contributed by atoms with Crippen molar-refractivity contribution in [2.45, 2.75) is 129 Å². The molecule has 2 aromatic rings. The van der Waals surface area contributed by atoms with Crippen molar-refractivity contribution >= 4 is 43.4 Å². The highest BCUT2D eigenvalue weighted by Gasteiger charge is 2.49. The monoisotopic (exact) mass is 852 g/mol. The van der Waals surface area contributed by atoms with E-state index >= 15 is 0 Å². The predicted octanol–water partition coefficient (Wildman–Crippen LogP) is 12.5. The van der Waals surface area contributed by atoms with Crippen LogP contribution in [0.4, 0.5) is 0 Å². The molecule has 292 valence electrons. The third-order valence-electron chi connectivity index (χ3n) is 14.3. The zero-order valence-electron chi connectivity index (χ0n) is 33.1. The molecule has 0 saturated carbocycles. The molecule has 0 aliphatic carbocycles. The number of benzene rings is 2. The van der Waals surface area contributed by atoms with Crippen molar-refractivity contribution in [1.29, 1.82) is 0 Å². The van der Waals surface area contributed by atoms with Crippen molar-refractivity contribution in [3.63, 3.8) is 0 Å². The SMILES string of the molecule is C[C@H]1CCCCCCC[C@@H]2C[N+]3(CC(=O)c4ccc(Br)cc4)CCCCCCCCCC[C@H]4C[C@H](C[N+](CC(=O)c5ccc(Br)cc5)(CC1)C4)[C@H]2CC3. The van der Waals surface area contributed by atoms with E-state index in [9.17, 15) is 9.59 Å². The summed E-state index contributed by atoms with van der Waals surface area (Å²) in [6, 6.07) is 16.3. The van der Waals surface area contributed by atoms with Gasteiger partial charge in [-0.05, 0) is 74.6 Å². The molecule has 7 atom stereocenters. The van der Waals surface area contributed by atoms with Crippen LogP contribution in [0, 0.1) is 29.6 Å². The first-order valence-corrected chi connectivity index (χ1v) is 23.6. The summed E-state index contributed by atoms with van der Waals surface area (Å²) in [5.74, 6) is 4.11. The molecule has 6 bridgehead atoms. The molecule has 4 nitrogen and oxygen atoms in total. The molecule has 5 aliphatic rings. The molecule has 6 heteroatoms. The molecule has 7 rings (SSSR count). The lowest BCUT2D eigenvalue weighted by Gasteiger charge is -2.53. The Bertz CT molecular complexity index is 1450. The average Bonchev–Trinajstić information content (AvgIpc) is 3.14. The molecule has 0 radical (unpaired) electrons. The molecule has 2 unspecified atom stereocenters. The Morgan fingerprint density at radius 1 is 0.528 bits per heavy atom. The first-order chi connectivity index (χ1) is 25.7. The second-order valence-corrected chi connectivity index (χ2v) is 20.3. The number of hydrogen-bond acceptors (Lipinski definition) is 2. The Kier molecular flexibility index (Phi) is 15.7. The van der Waals surface area contributed by atoms with E-state index < -0.39 is 0 Å². The maximum Gasteiger partial charge on any atom is 0.216 e. The molecule has 0 spiro atoms. The Morgan fingerprint density at radius 3 is 1.64 bits per heavy atom. The third kappa shape index (κ3) is 12.1. The summed E-state index contributed by atoms with van der Waals surface area (Å²) < 4.78 is 4.06. The Balaban J connectivity index is 1.33. The number of Topliss-reactive ketones (excluding diaryl/α,β-unsaturated/α-hetero) is 2. The molecular weight excluding hydrogens is 784 g/mol. The molecule has 5 fully saturated rings. The largest absolute Gasteiger partial charge is 0.317 e. The van der Waals surface area contributed by atoms with Gasteiger partial charge in [-0.15, -0.1) is 0 Å². The van der Waals surface area contributed by atoms with Crippen molar-refractivity contribution in [2.75, 3.05) is 52.4 Å². The van der Waals surface area contributed by atoms with E-state index in [0.717, 1.165) is 54.6 Å². The molecule has 5 saturated heterocycles. The maximum atomic E-state index is 14.3. The lowest BCUT2D eigenvalue weighted by atomic mass is 9.68. The van der Waals surface area contributed by atoms with Crippen LogP contribution in [-0.4, -0.2) is 72.9 Å². The van der Waals surface area contributed by atoms with Gasteiger partial charge in [-0.25, -0.2) is 0 Å². The summed E-state index contributed by atoms with van der Waals surface area (Å²) in [7, 11) is 0. The van der Waals surface area contributed by atoms with Gasteiger partial charge in [0, 0.05) is 44.2 Å². The summed E-state index contributed by atoms with van der Waals surface area (Å²) in [5.41, 5.74) is 1.75. The third-order valence-corrected chi connectivity index (χ3v) is 15.4. The summed E-state index contributed by atoms with van der Waals surface area (Å²) in [6.07, 6.45) is 25.2. The number of nitrogens with zero attached hydrogens (tertiary/aromatic N) is 2. The summed E-state index contributed by atoms with van der Waals surface area (Å²) >= 11 is 7.18. The predicted molar refractivity (Wildman–Crippen MR) is 227 cm³/mol. The van der Waals surface area contributed by atoms with Gasteiger partial charge in [-0.2, -0.15) is 0 Å². The zero-order valence-corrected chi connectivity index (χ0v) is 36.2. The number of piperidine rings is 2. The highest BCUT2D eigenvalue weighted by molar-refractivity contribution is 9.10. The van der Waals surface area contributed by atoms with Crippen molar-refractivity contribution in [3.05, 3.63) is 68.6 Å². The van der Waals surface area contributed by atoms with Crippen LogP contribution in [0.25, 0.3) is 0 Å². The van der Waals surface area contributed by atoms with Crippen molar-refractivity contribution in [2.24, 2.45) is 29.6 Å². The molecule has 0 amide bonds. The Labute approximate surface area is 339 Å². The van der Waals surface area contributed by atoms with Crippen LogP contribution < -0.4 is 0 Å². The van der Waals surface area contributed by atoms with E-state index in [2.05, 4.69) is 38.8 Å². The second-order valence-electron chi connectivity index (χ2n) is 18.5. The van der Waals surface area contributed by atoms with Crippen LogP contribution in [0.5, 0.6) is 0 Å². The lowest BCUT2D eigenvalue weighted by Crippen LogP contribution is -2.63. The second kappa shape index (κ2) is 20.2. The van der Waals surface area contributed by atoms with Crippen LogP contribution in [0.15, 0.2) is 57.5 Å². The highest BCUT2D eigenvalue weighted by atomic mass is 79.9. The van der Waals surface area contributed by atoms with E-state index in [0.29, 0.717) is 48.3 Å². The molecule has 5 aliphatic heterocycles. The molecule has 2 aromatic carbocycles. The standard InChI is InChI=1S/C47H70Br2N2O2/c1-37-15-11-7-6-9-13-17-41-33-50(35-46(52)39-18-22-43(48)23-19-39)28-14-10-5-3-2-4-8-12-16-38-31-42(45(41)27-30-50)34-51(32-38,29-26-37)36-47(53)40-20-24-44(49)25-21-40/h18-25,37-38,41-42,45H,2-17,26-36H2,1H3/q+2/t37-,38-,41+,42+,45-,50?,51?/m0/s1. The fourth-order valence-electron chi connectivity index (χ4n) is 11.4. The molecule has 0 aromatic heterocycles. The minimum Gasteiger partial charge on any atom is -0.317 e. The summed E-state index contributed by atoms with van der Waals surface area (Å²) in [4.78, 5) is 28.4. The van der Waals surface area contributed by atoms with Gasteiger partial charge >= 0.3 is 0 Å². The van der Waals surface area contributed by atoms with Crippen LogP contribution in [0.3, 0.4) is 0 Å². The minimum absolute atomic E-state index is 0.327. The molecular formula is C47H70Br2N2O2+2. The van der Waals surface area contributed by atoms with Crippen molar-refractivity contribution in [3.8, 4) is 0 Å². The number of carbonyl (C=O) groups is 2. The topological polar surface area (TPSA) is 34.1 Å². The number of quaternary nitrogens is 2. The Morgan fingerprint density at radius 2 is 1.02 bits per heavy atom. The normalized spacial score (nSPS) is 32.7. The van der Waals surface area contributed by atoms with E-state index in [1.54, 1.807) is 0 Å². The summed E-state index contributed by atoms with van der Waals surface area (Å²) in [6.45, 7) is 10.8. The van der Waals surface area contributed by atoms with Crippen molar-refractivity contribution in [1.82, 2.24) is 0 Å². The number of rotatable bonds is 6. The van der Waals surface area contributed by atoms with Gasteiger partial charge < -0.3 is 8.97 Å². The summed E-state index contributed by atoms with van der Waals surface area (Å²) in [5, 5.41) is 0. The van der Waals surface area contributed by atoms with E-state index in [-0.39, 0.29) is 0 Å². The fraction of sp³-hybridized carbons (Fsp3) is 0.702. The maximum absolute atomic E-state index is 14.3. The quantitative estimate of drug-likeness (QED) is 0.214. The average molecular weight is 855 g/mol. The van der Waals surface area contributed by atoms with E-state index in [1.165, 1.54) is 142 Å². The molecule has 5 heterocycles. The van der Waals surface area contributed by atoms with Gasteiger partial charge in [0.2, 0.25) is 11.6 Å². The minimum atomic E-state index is 0.327. The van der Waals surface area contributed by atoms with E-state index in [1.807, 2.05) is 48.5 Å². The number of hydrogen-bond donors (Lipinski definition) is 0. The number of ketones is 2. The number of fused-ring (bicyclic) bond motifs is 11. The van der Waals surface area contributed by atoms with Gasteiger partial charge in [0.15, 0.2) is 0 Å². The lowest BCUT2D eigenvalue weighted by molar-refractivity contribution is -0.937. The van der Waals surface area contributed by atoms with Gasteiger partial charge in [0.1, 0.15) is 13.1 Å². The van der Waals surface area contributed by atoms with Gasteiger partial charge in [-0.3, -0.25) is 9.59 Å². The first-order valence-electron chi connectivity index (χ1n) is 22.0. The fourth-order valence-corrected chi connectivity index (χ4v) is 11.9. The zero-order chi connectivity index (χ0) is 37.1. The smallest absolute Gasteiger partial charge is 0.216 e. The van der Waals surface area contributed by atoms with Crippen LogP contribution in [-0.2, 0) is 0 Å². The van der Waals surface area contributed by atoms with Gasteiger partial charge in [0.05, 0.1) is 39.3 Å². The van der Waals surface area contributed by atoms with Crippen LogP contribution in [0.1, 0.15) is 150 Å². The van der Waals surface area contributed by atoms with Crippen molar-refractivity contribution < 1.29 is 18.6 Å².